The molecule has 2 aromatic rings. The first-order valence-electron chi connectivity index (χ1n) is 9.03. The second-order valence-corrected chi connectivity index (χ2v) is 8.05. The Morgan fingerprint density at radius 2 is 2.03 bits per heavy atom. The number of anilines is 1. The molecular weight excluding hydrogens is 444 g/mol. The Balaban J connectivity index is 0.000000339. The summed E-state index contributed by atoms with van der Waals surface area (Å²) in [6.45, 7) is 2.59. The van der Waals surface area contributed by atoms with Gasteiger partial charge < -0.3 is 20.1 Å². The number of amides is 1. The molecule has 0 unspecified atom stereocenters. The smallest absolute Gasteiger partial charge is 0.475 e. The number of nitrogens with one attached hydrogen (secondary N) is 1. The van der Waals surface area contributed by atoms with Crippen LogP contribution >= 0.6 is 11.3 Å². The number of carbonyl (C=O) groups excluding carboxylic acids is 1. The Hall–Kier alpha value is -2.80. The van der Waals surface area contributed by atoms with Gasteiger partial charge in [-0.25, -0.2) is 19.2 Å². The minimum absolute atomic E-state index is 0.00279. The number of aromatic nitrogens is 2. The van der Waals surface area contributed by atoms with Gasteiger partial charge in [-0.1, -0.05) is 6.07 Å². The van der Waals surface area contributed by atoms with Crippen LogP contribution in [-0.4, -0.2) is 59.4 Å². The van der Waals surface area contributed by atoms with Gasteiger partial charge in [0, 0.05) is 23.9 Å². The van der Waals surface area contributed by atoms with Gasteiger partial charge in [0.15, 0.2) is 5.82 Å². The number of hydrogen-bond acceptors (Lipinski definition) is 7. The Morgan fingerprint density at radius 1 is 1.35 bits per heavy atom. The number of carbonyl (C=O) groups is 2. The number of carboxylic acids is 1. The first-order valence-corrected chi connectivity index (χ1v) is 9.91. The molecule has 1 amide bonds. The molecule has 4 rings (SSSR count). The number of ether oxygens (including phenoxy) is 1. The van der Waals surface area contributed by atoms with Crippen LogP contribution in [0.2, 0.25) is 0 Å². The molecule has 2 aromatic heterocycles. The Bertz CT molecular complexity index is 910. The lowest BCUT2D eigenvalue weighted by atomic mass is 9.80. The van der Waals surface area contributed by atoms with Crippen LogP contribution in [0.1, 0.15) is 4.88 Å². The first kappa shape index (κ1) is 22.9. The summed E-state index contributed by atoms with van der Waals surface area (Å²) < 4.78 is 50.3. The Labute approximate surface area is 177 Å². The number of halogens is 4. The number of fused-ring (bicyclic) bond motifs is 1. The summed E-state index contributed by atoms with van der Waals surface area (Å²) in [6, 6.07) is 3.97. The highest BCUT2D eigenvalue weighted by molar-refractivity contribution is 7.09. The number of hydrogen-bond donors (Lipinski definition) is 2. The summed E-state index contributed by atoms with van der Waals surface area (Å²) in [4.78, 5) is 32.9. The van der Waals surface area contributed by atoms with E-state index >= 15 is 0 Å². The van der Waals surface area contributed by atoms with Crippen molar-refractivity contribution < 1.29 is 37.0 Å². The number of thiophene rings is 1. The van der Waals surface area contributed by atoms with Crippen LogP contribution < -0.4 is 10.2 Å². The van der Waals surface area contributed by atoms with Gasteiger partial charge in [-0.3, -0.25) is 4.79 Å². The lowest BCUT2D eigenvalue weighted by Crippen LogP contribution is -2.46. The zero-order valence-electron chi connectivity index (χ0n) is 15.9. The highest BCUT2D eigenvalue weighted by Crippen LogP contribution is 2.42. The van der Waals surface area contributed by atoms with Crippen molar-refractivity contribution in [3.8, 4) is 0 Å². The molecule has 2 atom stereocenters. The summed E-state index contributed by atoms with van der Waals surface area (Å²) >= 11 is 1.62. The second-order valence-electron chi connectivity index (χ2n) is 7.01. The van der Waals surface area contributed by atoms with Gasteiger partial charge in [0.25, 0.3) is 0 Å². The third-order valence-corrected chi connectivity index (χ3v) is 5.84. The number of alkyl halides is 3. The summed E-state index contributed by atoms with van der Waals surface area (Å²) in [6.07, 6.45) is -2.78. The number of carboxylic acid groups (broad SMARTS) is 1. The normalized spacial score (nSPS) is 22.5. The third-order valence-electron chi connectivity index (χ3n) is 4.96. The largest absolute Gasteiger partial charge is 0.490 e. The minimum atomic E-state index is -5.08. The van der Waals surface area contributed by atoms with E-state index in [0.717, 1.165) is 17.3 Å². The van der Waals surface area contributed by atoms with E-state index in [-0.39, 0.29) is 11.8 Å². The molecule has 0 aliphatic carbocycles. The van der Waals surface area contributed by atoms with E-state index in [4.69, 9.17) is 14.6 Å². The van der Waals surface area contributed by atoms with E-state index in [0.29, 0.717) is 38.8 Å². The quantitative estimate of drug-likeness (QED) is 0.671. The highest BCUT2D eigenvalue weighted by atomic mass is 32.1. The molecule has 168 valence electrons. The Morgan fingerprint density at radius 3 is 2.61 bits per heavy atom. The third kappa shape index (κ3) is 5.28. The fraction of sp³-hybridized carbons (Fsp3) is 0.444. The van der Waals surface area contributed by atoms with Crippen molar-refractivity contribution in [2.24, 2.45) is 11.3 Å². The van der Waals surface area contributed by atoms with Crippen molar-refractivity contribution >= 4 is 29.2 Å². The van der Waals surface area contributed by atoms with Gasteiger partial charge in [0.2, 0.25) is 11.9 Å². The van der Waals surface area contributed by atoms with Crippen LogP contribution in [0.3, 0.4) is 0 Å². The molecule has 0 aromatic carbocycles. The summed E-state index contributed by atoms with van der Waals surface area (Å²) in [5.74, 6) is -2.67. The van der Waals surface area contributed by atoms with Crippen molar-refractivity contribution in [1.29, 1.82) is 0 Å². The van der Waals surface area contributed by atoms with Crippen molar-refractivity contribution in [3.05, 3.63) is 40.6 Å². The molecule has 13 heteroatoms. The first-order chi connectivity index (χ1) is 14.6. The molecule has 0 spiro atoms. The van der Waals surface area contributed by atoms with E-state index in [1.54, 1.807) is 11.3 Å². The molecule has 0 bridgehead atoms. The van der Waals surface area contributed by atoms with Crippen LogP contribution in [0.5, 0.6) is 0 Å². The Kier molecular flexibility index (Phi) is 6.74. The molecule has 8 nitrogen and oxygen atoms in total. The van der Waals surface area contributed by atoms with Gasteiger partial charge in [-0.15, -0.1) is 11.3 Å². The van der Waals surface area contributed by atoms with E-state index in [1.807, 2.05) is 22.4 Å². The van der Waals surface area contributed by atoms with E-state index in [2.05, 4.69) is 15.3 Å². The summed E-state index contributed by atoms with van der Waals surface area (Å²) in [5, 5.41) is 12.1. The fourth-order valence-corrected chi connectivity index (χ4v) is 4.08. The molecule has 0 radical (unpaired) electrons. The van der Waals surface area contributed by atoms with E-state index < -0.39 is 23.4 Å². The van der Waals surface area contributed by atoms with Gasteiger partial charge in [-0.05, 0) is 11.4 Å². The van der Waals surface area contributed by atoms with Crippen LogP contribution in [0.15, 0.2) is 29.9 Å². The molecule has 2 aliphatic rings. The zero-order chi connectivity index (χ0) is 22.6. The highest BCUT2D eigenvalue weighted by Gasteiger charge is 2.56. The average Bonchev–Trinajstić information content (AvgIpc) is 3.42. The minimum Gasteiger partial charge on any atom is -0.475 e. The lowest BCUT2D eigenvalue weighted by molar-refractivity contribution is -0.192. The zero-order valence-corrected chi connectivity index (χ0v) is 16.7. The fourth-order valence-electron chi connectivity index (χ4n) is 3.43. The summed E-state index contributed by atoms with van der Waals surface area (Å²) in [7, 11) is 0. The topological polar surface area (TPSA) is 105 Å². The molecule has 2 saturated heterocycles. The monoisotopic (exact) mass is 462 g/mol. The van der Waals surface area contributed by atoms with Gasteiger partial charge in [-0.2, -0.15) is 13.2 Å². The molecule has 4 heterocycles. The number of rotatable bonds is 4. The molecule has 2 fully saturated rings. The van der Waals surface area contributed by atoms with Crippen LogP contribution in [-0.2, 0) is 20.9 Å². The molecule has 2 N–H and O–H groups in total. The van der Waals surface area contributed by atoms with Gasteiger partial charge in [0.1, 0.15) is 0 Å². The maximum atomic E-state index is 13.0. The van der Waals surface area contributed by atoms with Crippen LogP contribution in [0.25, 0.3) is 0 Å². The average molecular weight is 462 g/mol. The van der Waals surface area contributed by atoms with E-state index in [1.165, 1.54) is 0 Å². The SMILES string of the molecule is O=C(NCc1cccs1)[C@]12COC[C@H]1CN(c1ncc(F)cn1)C2.O=C(O)C(F)(F)F. The van der Waals surface area contributed by atoms with Crippen molar-refractivity contribution in [2.45, 2.75) is 12.7 Å². The predicted octanol–water partition coefficient (Wildman–Crippen LogP) is 2.08. The standard InChI is InChI=1S/C16H17FN4O2S.C2HF3O2/c17-12-4-19-15(20-5-12)21-7-11-8-23-10-16(11,9-21)14(22)18-6-13-2-1-3-24-13;3-2(4,5)1(6)7/h1-5,11H,6-10H2,(H,18,22);(H,6,7)/t11-,16-;/m1./s1. The van der Waals surface area contributed by atoms with Crippen molar-refractivity contribution in [3.63, 3.8) is 0 Å². The molecule has 0 saturated carbocycles. The van der Waals surface area contributed by atoms with Crippen molar-refractivity contribution in [2.75, 3.05) is 31.2 Å². The van der Waals surface area contributed by atoms with Crippen LogP contribution in [0, 0.1) is 17.2 Å². The molecular formula is C18H18F4N4O4S. The van der Waals surface area contributed by atoms with Gasteiger partial charge in [0.05, 0.1) is 37.6 Å². The van der Waals surface area contributed by atoms with Crippen LogP contribution in [0.4, 0.5) is 23.5 Å². The summed E-state index contributed by atoms with van der Waals surface area (Å²) in [5.41, 5.74) is -0.588. The lowest BCUT2D eigenvalue weighted by Gasteiger charge is -2.25. The predicted molar refractivity (Wildman–Crippen MR) is 101 cm³/mol. The molecule has 31 heavy (non-hydrogen) atoms. The maximum absolute atomic E-state index is 13.0. The van der Waals surface area contributed by atoms with Gasteiger partial charge >= 0.3 is 12.1 Å². The molecule has 2 aliphatic heterocycles. The number of aliphatic carboxylic acids is 1. The van der Waals surface area contributed by atoms with Crippen molar-refractivity contribution in [1.82, 2.24) is 15.3 Å². The number of nitrogens with zero attached hydrogens (tertiary/aromatic N) is 3. The maximum Gasteiger partial charge on any atom is 0.490 e. The van der Waals surface area contributed by atoms with E-state index in [9.17, 15) is 22.4 Å². The second kappa shape index (κ2) is 9.14.